The molecule has 1 aliphatic carbocycles. The van der Waals surface area contributed by atoms with E-state index in [1.807, 2.05) is 26.0 Å². The van der Waals surface area contributed by atoms with Crippen molar-refractivity contribution in [2.75, 3.05) is 17.2 Å². The van der Waals surface area contributed by atoms with Crippen LogP contribution in [0.1, 0.15) is 46.0 Å². The summed E-state index contributed by atoms with van der Waals surface area (Å²) in [5, 5.41) is 15.3. The minimum atomic E-state index is -0.417. The third-order valence-corrected chi connectivity index (χ3v) is 3.87. The van der Waals surface area contributed by atoms with E-state index in [-0.39, 0.29) is 18.4 Å². The molecule has 1 aromatic rings. The lowest BCUT2D eigenvalue weighted by atomic mass is 9.88. The molecule has 0 unspecified atom stereocenters. The zero-order valence-corrected chi connectivity index (χ0v) is 12.9. The number of nitrogens with one attached hydrogen (secondary N) is 2. The van der Waals surface area contributed by atoms with Crippen LogP contribution in [0.4, 0.5) is 11.5 Å². The fourth-order valence-corrected chi connectivity index (χ4v) is 2.54. The number of carbonyl (C=O) groups is 1. The average Bonchev–Trinajstić information content (AvgIpc) is 2.50. The van der Waals surface area contributed by atoms with E-state index in [0.717, 1.165) is 31.4 Å². The zero-order chi connectivity index (χ0) is 15.3. The summed E-state index contributed by atoms with van der Waals surface area (Å²) in [4.78, 5) is 16.4. The molecular weight excluding hydrogens is 266 g/mol. The van der Waals surface area contributed by atoms with E-state index in [1.54, 1.807) is 6.20 Å². The highest BCUT2D eigenvalue weighted by molar-refractivity contribution is 5.92. The SMILES string of the molecule is CC(C)(CO)Nc1ccc(NC(=O)C2CCCCC2)cn1. The number of carbonyl (C=O) groups excluding carboxylic acids is 1. The molecule has 5 heteroatoms. The lowest BCUT2D eigenvalue weighted by Crippen LogP contribution is -2.35. The van der Waals surface area contributed by atoms with Gasteiger partial charge in [-0.25, -0.2) is 4.98 Å². The second-order valence-electron chi connectivity index (χ2n) is 6.42. The molecule has 0 aromatic carbocycles. The van der Waals surface area contributed by atoms with E-state index in [4.69, 9.17) is 0 Å². The van der Waals surface area contributed by atoms with Gasteiger partial charge in [0.1, 0.15) is 5.82 Å². The second-order valence-corrected chi connectivity index (χ2v) is 6.42. The Balaban J connectivity index is 1.91. The molecule has 1 amide bonds. The highest BCUT2D eigenvalue weighted by Gasteiger charge is 2.21. The van der Waals surface area contributed by atoms with Gasteiger partial charge in [-0.2, -0.15) is 0 Å². The van der Waals surface area contributed by atoms with Crippen LogP contribution >= 0.6 is 0 Å². The lowest BCUT2D eigenvalue weighted by molar-refractivity contribution is -0.120. The number of aliphatic hydroxyl groups excluding tert-OH is 1. The number of hydrogen-bond donors (Lipinski definition) is 3. The van der Waals surface area contributed by atoms with Crippen LogP contribution in [0.2, 0.25) is 0 Å². The molecule has 2 rings (SSSR count). The minimum absolute atomic E-state index is 0.0227. The molecule has 1 fully saturated rings. The van der Waals surface area contributed by atoms with Crippen molar-refractivity contribution < 1.29 is 9.90 Å². The maximum absolute atomic E-state index is 12.1. The third-order valence-electron chi connectivity index (χ3n) is 3.87. The molecule has 1 aliphatic rings. The smallest absolute Gasteiger partial charge is 0.227 e. The Morgan fingerprint density at radius 3 is 2.62 bits per heavy atom. The van der Waals surface area contributed by atoms with E-state index in [2.05, 4.69) is 15.6 Å². The largest absolute Gasteiger partial charge is 0.394 e. The Hall–Kier alpha value is -1.62. The van der Waals surface area contributed by atoms with E-state index < -0.39 is 5.54 Å². The Bertz CT molecular complexity index is 465. The van der Waals surface area contributed by atoms with Crippen LogP contribution < -0.4 is 10.6 Å². The Morgan fingerprint density at radius 1 is 1.33 bits per heavy atom. The van der Waals surface area contributed by atoms with Gasteiger partial charge >= 0.3 is 0 Å². The first-order valence-corrected chi connectivity index (χ1v) is 7.66. The lowest BCUT2D eigenvalue weighted by Gasteiger charge is -2.24. The van der Waals surface area contributed by atoms with Crippen LogP contribution in [0.25, 0.3) is 0 Å². The predicted molar refractivity (Wildman–Crippen MR) is 84.2 cm³/mol. The third kappa shape index (κ3) is 4.70. The predicted octanol–water partition coefficient (Wildman–Crippen LogP) is 2.78. The van der Waals surface area contributed by atoms with Gasteiger partial charge < -0.3 is 15.7 Å². The van der Waals surface area contributed by atoms with Crippen LogP contribution in [-0.4, -0.2) is 28.1 Å². The molecule has 0 saturated heterocycles. The summed E-state index contributed by atoms with van der Waals surface area (Å²) in [7, 11) is 0. The van der Waals surface area contributed by atoms with Gasteiger partial charge in [0, 0.05) is 5.92 Å². The van der Waals surface area contributed by atoms with E-state index in [9.17, 15) is 9.90 Å². The summed E-state index contributed by atoms with van der Waals surface area (Å²) in [5.41, 5.74) is 0.304. The number of nitrogens with zero attached hydrogens (tertiary/aromatic N) is 1. The van der Waals surface area contributed by atoms with Crippen molar-refractivity contribution in [2.24, 2.45) is 5.92 Å². The highest BCUT2D eigenvalue weighted by Crippen LogP contribution is 2.25. The van der Waals surface area contributed by atoms with E-state index in [0.29, 0.717) is 5.82 Å². The summed E-state index contributed by atoms with van der Waals surface area (Å²) in [6, 6.07) is 3.65. The maximum atomic E-state index is 12.1. The van der Waals surface area contributed by atoms with Gasteiger partial charge in [-0.3, -0.25) is 4.79 Å². The fourth-order valence-electron chi connectivity index (χ4n) is 2.54. The van der Waals surface area contributed by atoms with Gasteiger partial charge in [-0.15, -0.1) is 0 Å². The molecule has 0 aliphatic heterocycles. The van der Waals surface area contributed by atoms with Gasteiger partial charge in [-0.1, -0.05) is 19.3 Å². The first kappa shape index (κ1) is 15.8. The Labute approximate surface area is 126 Å². The number of aliphatic hydroxyl groups is 1. The number of rotatable bonds is 5. The van der Waals surface area contributed by atoms with Crippen molar-refractivity contribution >= 4 is 17.4 Å². The molecule has 0 bridgehead atoms. The fraction of sp³-hybridized carbons (Fsp3) is 0.625. The van der Waals surface area contributed by atoms with Crippen molar-refractivity contribution in [3.63, 3.8) is 0 Å². The van der Waals surface area contributed by atoms with Gasteiger partial charge in [0.05, 0.1) is 24.0 Å². The topological polar surface area (TPSA) is 74.2 Å². The van der Waals surface area contributed by atoms with E-state index >= 15 is 0 Å². The number of aromatic nitrogens is 1. The summed E-state index contributed by atoms with van der Waals surface area (Å²) in [6.07, 6.45) is 7.17. The summed E-state index contributed by atoms with van der Waals surface area (Å²) >= 11 is 0. The van der Waals surface area contributed by atoms with E-state index in [1.165, 1.54) is 6.42 Å². The number of amides is 1. The Kier molecular flexibility index (Phi) is 5.17. The minimum Gasteiger partial charge on any atom is -0.394 e. The normalized spacial score (nSPS) is 16.5. The standard InChI is InChI=1S/C16H25N3O2/c1-16(2,11-20)19-14-9-8-13(10-17-14)18-15(21)12-6-4-3-5-7-12/h8-10,12,20H,3-7,11H2,1-2H3,(H,17,19)(H,18,21). The van der Waals surface area contributed by atoms with Crippen LogP contribution in [0.3, 0.4) is 0 Å². The average molecular weight is 291 g/mol. The first-order chi connectivity index (χ1) is 10.00. The maximum Gasteiger partial charge on any atom is 0.227 e. The van der Waals surface area contributed by atoms with Crippen molar-refractivity contribution in [3.8, 4) is 0 Å². The first-order valence-electron chi connectivity index (χ1n) is 7.66. The molecule has 1 aromatic heterocycles. The molecule has 0 radical (unpaired) electrons. The van der Waals surface area contributed by atoms with Crippen LogP contribution in [-0.2, 0) is 4.79 Å². The summed E-state index contributed by atoms with van der Waals surface area (Å²) < 4.78 is 0. The second kappa shape index (κ2) is 6.89. The van der Waals surface area contributed by atoms with Crippen LogP contribution in [0, 0.1) is 5.92 Å². The number of hydrogen-bond acceptors (Lipinski definition) is 4. The van der Waals surface area contributed by atoms with Gasteiger partial charge in [0.2, 0.25) is 5.91 Å². The van der Waals surface area contributed by atoms with Gasteiger partial charge in [0.15, 0.2) is 0 Å². The number of anilines is 2. The number of pyridine rings is 1. The molecule has 116 valence electrons. The molecule has 3 N–H and O–H groups in total. The molecule has 0 atom stereocenters. The summed E-state index contributed by atoms with van der Waals surface area (Å²) in [5.74, 6) is 0.933. The highest BCUT2D eigenvalue weighted by atomic mass is 16.3. The van der Waals surface area contributed by atoms with Crippen molar-refractivity contribution in [1.82, 2.24) is 4.98 Å². The molecule has 1 saturated carbocycles. The molecule has 0 spiro atoms. The Morgan fingerprint density at radius 2 is 2.05 bits per heavy atom. The monoisotopic (exact) mass is 291 g/mol. The van der Waals surface area contributed by atoms with Crippen molar-refractivity contribution in [1.29, 1.82) is 0 Å². The summed E-state index contributed by atoms with van der Waals surface area (Å²) in [6.45, 7) is 3.82. The zero-order valence-electron chi connectivity index (χ0n) is 12.9. The van der Waals surface area contributed by atoms with Crippen LogP contribution in [0.15, 0.2) is 18.3 Å². The molecular formula is C16H25N3O2. The quantitative estimate of drug-likeness (QED) is 0.780. The van der Waals surface area contributed by atoms with Gasteiger partial charge in [-0.05, 0) is 38.8 Å². The van der Waals surface area contributed by atoms with Crippen LogP contribution in [0.5, 0.6) is 0 Å². The molecule has 21 heavy (non-hydrogen) atoms. The van der Waals surface area contributed by atoms with Gasteiger partial charge in [0.25, 0.3) is 0 Å². The van der Waals surface area contributed by atoms with Crippen molar-refractivity contribution in [3.05, 3.63) is 18.3 Å². The molecule has 1 heterocycles. The van der Waals surface area contributed by atoms with Crippen molar-refractivity contribution in [2.45, 2.75) is 51.5 Å². The molecule has 5 nitrogen and oxygen atoms in total.